The van der Waals surface area contributed by atoms with Crippen molar-refractivity contribution in [2.24, 2.45) is 0 Å². The first-order chi connectivity index (χ1) is 11.6. The van der Waals surface area contributed by atoms with Crippen molar-refractivity contribution in [1.29, 1.82) is 0 Å². The molecule has 4 rings (SSSR count). The highest BCUT2D eigenvalue weighted by atomic mass is 79.9. The van der Waals surface area contributed by atoms with Crippen LogP contribution in [0.3, 0.4) is 0 Å². The largest absolute Gasteiger partial charge is 0.357 e. The van der Waals surface area contributed by atoms with Crippen molar-refractivity contribution >= 4 is 21.8 Å². The van der Waals surface area contributed by atoms with Crippen LogP contribution in [-0.4, -0.2) is 22.4 Å². The van der Waals surface area contributed by atoms with Gasteiger partial charge in [0, 0.05) is 36.0 Å². The van der Waals surface area contributed by atoms with E-state index in [1.165, 1.54) is 6.07 Å². The number of amides is 1. The van der Waals surface area contributed by atoms with Crippen LogP contribution in [0.2, 0.25) is 0 Å². The Kier molecular flexibility index (Phi) is 3.69. The summed E-state index contributed by atoms with van der Waals surface area (Å²) in [4.78, 5) is 19.6. The maximum atomic E-state index is 14.0. The van der Waals surface area contributed by atoms with Crippen LogP contribution in [0.25, 0.3) is 22.5 Å². The van der Waals surface area contributed by atoms with Crippen LogP contribution in [-0.2, 0) is 6.42 Å². The summed E-state index contributed by atoms with van der Waals surface area (Å²) < 4.78 is 14.7. The van der Waals surface area contributed by atoms with E-state index < -0.39 is 0 Å². The number of fused-ring (bicyclic) bond motifs is 1. The molecule has 120 valence electrons. The predicted molar refractivity (Wildman–Crippen MR) is 93.2 cm³/mol. The summed E-state index contributed by atoms with van der Waals surface area (Å²) in [7, 11) is 0. The molecule has 0 atom stereocenters. The van der Waals surface area contributed by atoms with E-state index in [2.05, 4.69) is 31.2 Å². The molecule has 1 aliphatic heterocycles. The fraction of sp³-hybridized carbons (Fsp3) is 0.111. The van der Waals surface area contributed by atoms with Gasteiger partial charge in [0.25, 0.3) is 5.91 Å². The lowest BCUT2D eigenvalue weighted by Crippen LogP contribution is -2.31. The molecule has 4 nitrogen and oxygen atoms in total. The van der Waals surface area contributed by atoms with Crippen LogP contribution in [0, 0.1) is 5.82 Å². The monoisotopic (exact) mass is 385 g/mol. The van der Waals surface area contributed by atoms with Gasteiger partial charge in [-0.25, -0.2) is 4.39 Å². The zero-order valence-corrected chi connectivity index (χ0v) is 14.2. The first kappa shape index (κ1) is 15.1. The zero-order valence-electron chi connectivity index (χ0n) is 12.6. The van der Waals surface area contributed by atoms with Gasteiger partial charge in [0.15, 0.2) is 0 Å². The highest BCUT2D eigenvalue weighted by Crippen LogP contribution is 2.35. The minimum Gasteiger partial charge on any atom is -0.357 e. The van der Waals surface area contributed by atoms with Crippen LogP contribution >= 0.6 is 15.9 Å². The van der Waals surface area contributed by atoms with Gasteiger partial charge in [-0.1, -0.05) is 12.1 Å². The average molecular weight is 386 g/mol. The molecule has 0 spiro atoms. The van der Waals surface area contributed by atoms with E-state index in [0.717, 1.165) is 27.8 Å². The molecule has 0 fully saturated rings. The third-order valence-corrected chi connectivity index (χ3v) is 4.90. The Hall–Kier alpha value is -2.47. The van der Waals surface area contributed by atoms with E-state index in [0.29, 0.717) is 23.4 Å². The lowest BCUT2D eigenvalue weighted by atomic mass is 10.1. The molecule has 3 heterocycles. The lowest BCUT2D eigenvalue weighted by molar-refractivity contribution is 0.0945. The van der Waals surface area contributed by atoms with Crippen molar-refractivity contribution in [3.8, 4) is 22.5 Å². The molecule has 1 aromatic carbocycles. The molecule has 0 saturated carbocycles. The number of aromatic nitrogens is 2. The van der Waals surface area contributed by atoms with E-state index in [1.807, 2.05) is 12.1 Å². The van der Waals surface area contributed by atoms with Gasteiger partial charge in [-0.05, 0) is 40.2 Å². The Bertz CT molecular complexity index is 951. The number of nitrogens with one attached hydrogen (secondary N) is 2. The smallest absolute Gasteiger partial charge is 0.254 e. The predicted octanol–water partition coefficient (Wildman–Crippen LogP) is 3.93. The number of carbonyl (C=O) groups is 1. The van der Waals surface area contributed by atoms with Crippen molar-refractivity contribution in [3.63, 3.8) is 0 Å². The quantitative estimate of drug-likeness (QED) is 0.701. The Balaban J connectivity index is 1.83. The Morgan fingerprint density at radius 3 is 2.83 bits per heavy atom. The van der Waals surface area contributed by atoms with Gasteiger partial charge >= 0.3 is 0 Å². The first-order valence-electron chi connectivity index (χ1n) is 7.55. The molecule has 0 radical (unpaired) electrons. The molecule has 2 N–H and O–H groups in total. The Labute approximate surface area is 146 Å². The van der Waals surface area contributed by atoms with Gasteiger partial charge in [0.2, 0.25) is 0 Å². The summed E-state index contributed by atoms with van der Waals surface area (Å²) >= 11 is 3.52. The van der Waals surface area contributed by atoms with Gasteiger partial charge in [0.1, 0.15) is 5.82 Å². The second kappa shape index (κ2) is 5.87. The SMILES string of the molecule is O=C1NCCc2[nH]c(-c3ccnc(-c4ccccc4F)c3)c(Br)c21. The average Bonchev–Trinajstić information content (AvgIpc) is 2.94. The summed E-state index contributed by atoms with van der Waals surface area (Å²) in [5.74, 6) is -0.402. The number of nitrogens with zero attached hydrogens (tertiary/aromatic N) is 1. The normalized spacial score (nSPS) is 13.5. The van der Waals surface area contributed by atoms with Crippen molar-refractivity contribution in [2.75, 3.05) is 6.54 Å². The van der Waals surface area contributed by atoms with Crippen LogP contribution in [0.1, 0.15) is 16.1 Å². The molecule has 0 bridgehead atoms. The third-order valence-electron chi connectivity index (χ3n) is 4.10. The Morgan fingerprint density at radius 2 is 2.04 bits per heavy atom. The number of pyridine rings is 1. The third kappa shape index (κ3) is 2.43. The standard InChI is InChI=1S/C18H13BrFN3O/c19-16-15-13(6-8-22-18(15)24)23-17(16)10-5-7-21-14(9-10)11-3-1-2-4-12(11)20/h1-5,7,9,23H,6,8H2,(H,22,24). The topological polar surface area (TPSA) is 57.8 Å². The zero-order chi connectivity index (χ0) is 16.7. The van der Waals surface area contributed by atoms with Gasteiger partial charge < -0.3 is 10.3 Å². The van der Waals surface area contributed by atoms with Crippen molar-refractivity contribution < 1.29 is 9.18 Å². The molecular formula is C18H13BrFN3O. The first-order valence-corrected chi connectivity index (χ1v) is 8.34. The maximum absolute atomic E-state index is 14.0. The van der Waals surface area contributed by atoms with E-state index in [-0.39, 0.29) is 11.7 Å². The molecular weight excluding hydrogens is 373 g/mol. The van der Waals surface area contributed by atoms with Crippen LogP contribution in [0.4, 0.5) is 4.39 Å². The van der Waals surface area contributed by atoms with E-state index in [9.17, 15) is 9.18 Å². The van der Waals surface area contributed by atoms with Crippen LogP contribution in [0.5, 0.6) is 0 Å². The number of aromatic amines is 1. The summed E-state index contributed by atoms with van der Waals surface area (Å²) in [6.07, 6.45) is 2.40. The van der Waals surface area contributed by atoms with E-state index in [1.54, 1.807) is 24.4 Å². The van der Waals surface area contributed by atoms with Crippen molar-refractivity contribution in [1.82, 2.24) is 15.3 Å². The number of carbonyl (C=O) groups excluding carboxylic acids is 1. The van der Waals surface area contributed by atoms with Gasteiger partial charge in [-0.15, -0.1) is 0 Å². The van der Waals surface area contributed by atoms with Crippen molar-refractivity contribution in [3.05, 3.63) is 64.1 Å². The minimum absolute atomic E-state index is 0.0889. The molecule has 2 aromatic heterocycles. The number of H-pyrrole nitrogens is 1. The second-order valence-electron chi connectivity index (χ2n) is 5.58. The highest BCUT2D eigenvalue weighted by molar-refractivity contribution is 9.10. The summed E-state index contributed by atoms with van der Waals surface area (Å²) in [5, 5.41) is 2.84. The molecule has 0 aliphatic carbocycles. The molecule has 6 heteroatoms. The van der Waals surface area contributed by atoms with Gasteiger partial charge in [0.05, 0.1) is 21.4 Å². The number of halogens is 2. The Morgan fingerprint density at radius 1 is 1.21 bits per heavy atom. The second-order valence-corrected chi connectivity index (χ2v) is 6.38. The van der Waals surface area contributed by atoms with Crippen LogP contribution in [0.15, 0.2) is 47.1 Å². The fourth-order valence-corrected chi connectivity index (χ4v) is 3.69. The molecule has 0 unspecified atom stereocenters. The molecule has 24 heavy (non-hydrogen) atoms. The van der Waals surface area contributed by atoms with Crippen LogP contribution < -0.4 is 5.32 Å². The molecule has 3 aromatic rings. The summed E-state index contributed by atoms with van der Waals surface area (Å²) in [5.41, 5.74) is 4.19. The maximum Gasteiger partial charge on any atom is 0.254 e. The van der Waals surface area contributed by atoms with Crippen molar-refractivity contribution in [2.45, 2.75) is 6.42 Å². The van der Waals surface area contributed by atoms with Gasteiger partial charge in [-0.2, -0.15) is 0 Å². The summed E-state index contributed by atoms with van der Waals surface area (Å²) in [6, 6.07) is 10.2. The number of hydrogen-bond donors (Lipinski definition) is 2. The highest BCUT2D eigenvalue weighted by Gasteiger charge is 2.25. The number of benzene rings is 1. The molecule has 0 saturated heterocycles. The number of rotatable bonds is 2. The minimum atomic E-state index is -0.314. The summed E-state index contributed by atoms with van der Waals surface area (Å²) in [6.45, 7) is 0.620. The fourth-order valence-electron chi connectivity index (χ4n) is 2.94. The van der Waals surface area contributed by atoms with E-state index in [4.69, 9.17) is 0 Å². The van der Waals surface area contributed by atoms with Gasteiger partial charge in [-0.3, -0.25) is 9.78 Å². The molecule has 1 amide bonds. The number of hydrogen-bond acceptors (Lipinski definition) is 2. The van der Waals surface area contributed by atoms with E-state index >= 15 is 0 Å². The lowest BCUT2D eigenvalue weighted by Gasteiger charge is -2.11. The molecule has 1 aliphatic rings.